The Balaban J connectivity index is 1.49. The third-order valence-corrected chi connectivity index (χ3v) is 18.2. The molecule has 3 unspecified atom stereocenters. The van der Waals surface area contributed by atoms with E-state index in [4.69, 9.17) is 33.2 Å². The van der Waals surface area contributed by atoms with E-state index in [0.29, 0.717) is 57.6 Å². The number of hydrogen-bond acceptors (Lipinski definition) is 17. The van der Waals surface area contributed by atoms with Gasteiger partial charge in [-0.3, -0.25) is 52.7 Å². The van der Waals surface area contributed by atoms with Crippen LogP contribution in [-0.2, 0) is 65.6 Å². The summed E-state index contributed by atoms with van der Waals surface area (Å²) < 4.78 is 5.39. The summed E-state index contributed by atoms with van der Waals surface area (Å²) >= 11 is 7.77. The molecule has 2 aromatic carbocycles. The number of methoxy groups -OCH3 is 1. The third-order valence-electron chi connectivity index (χ3n) is 15.4. The molecule has 1 aliphatic carbocycles. The summed E-state index contributed by atoms with van der Waals surface area (Å²) in [7, 11) is 1.50. The lowest BCUT2D eigenvalue weighted by Crippen LogP contribution is -2.63. The first-order valence-electron chi connectivity index (χ1n) is 29.2. The highest BCUT2D eigenvalue weighted by Crippen LogP contribution is 2.43. The van der Waals surface area contributed by atoms with Crippen LogP contribution in [0.5, 0.6) is 5.75 Å². The minimum atomic E-state index is -1.82. The van der Waals surface area contributed by atoms with E-state index in [1.165, 1.54) is 30.7 Å². The monoisotopic (exact) mass is 1380 g/mol. The molecular formula is C57H84IN15O13S2. The van der Waals surface area contributed by atoms with Gasteiger partial charge in [0.1, 0.15) is 54.1 Å². The number of rotatable bonds is 36. The Morgan fingerprint density at radius 3 is 1.97 bits per heavy atom. The quantitative estimate of drug-likeness (QED) is 0.0146. The molecule has 2 fully saturated rings. The van der Waals surface area contributed by atoms with Gasteiger partial charge in [-0.1, -0.05) is 68.9 Å². The first-order valence-corrected chi connectivity index (χ1v) is 31.9. The Morgan fingerprint density at radius 1 is 0.784 bits per heavy atom. The Morgan fingerprint density at radius 2 is 1.39 bits per heavy atom. The molecule has 4 rings (SSSR count). The lowest BCUT2D eigenvalue weighted by Gasteiger charge is -2.37. The highest BCUT2D eigenvalue weighted by atomic mass is 127. The maximum atomic E-state index is 14.5. The van der Waals surface area contributed by atoms with Crippen molar-refractivity contribution in [2.24, 2.45) is 34.0 Å². The number of primary amides is 3. The molecule has 10 atom stereocenters. The van der Waals surface area contributed by atoms with Gasteiger partial charge in [0.15, 0.2) is 0 Å². The summed E-state index contributed by atoms with van der Waals surface area (Å²) in [5.74, 6) is -9.01. The zero-order chi connectivity index (χ0) is 65.3. The number of benzene rings is 2. The van der Waals surface area contributed by atoms with Crippen LogP contribution in [-0.4, -0.2) is 166 Å². The number of aliphatic hydroxyl groups excluding tert-OH is 1. The molecule has 31 heteroatoms. The average Bonchev–Trinajstić information content (AvgIpc) is 4.17. The average molecular weight is 1380 g/mol. The van der Waals surface area contributed by atoms with Crippen molar-refractivity contribution in [3.63, 3.8) is 0 Å². The van der Waals surface area contributed by atoms with Crippen LogP contribution in [0.15, 0.2) is 47.6 Å². The lowest BCUT2D eigenvalue weighted by molar-refractivity contribution is -0.142. The molecule has 28 nitrogen and oxygen atoms in total. The lowest BCUT2D eigenvalue weighted by atomic mass is 9.85. The van der Waals surface area contributed by atoms with E-state index in [9.17, 15) is 57.8 Å². The van der Waals surface area contributed by atoms with Gasteiger partial charge in [-0.25, -0.2) is 0 Å². The van der Waals surface area contributed by atoms with E-state index in [2.05, 4.69) is 59.9 Å². The molecule has 2 aromatic rings. The number of aliphatic hydroxyl groups is 1. The summed E-state index contributed by atoms with van der Waals surface area (Å²) in [4.78, 5) is 154. The zero-order valence-electron chi connectivity index (χ0n) is 49.9. The van der Waals surface area contributed by atoms with Crippen LogP contribution in [0.1, 0.15) is 115 Å². The van der Waals surface area contributed by atoms with Crippen LogP contribution < -0.4 is 64.9 Å². The Labute approximate surface area is 534 Å². The van der Waals surface area contributed by atoms with Gasteiger partial charge in [0.2, 0.25) is 65.0 Å². The first-order chi connectivity index (χ1) is 41.8. The number of ether oxygens (including phenoxy) is 1. The maximum Gasteiger partial charge on any atom is 0.246 e. The molecule has 88 heavy (non-hydrogen) atoms. The van der Waals surface area contributed by atoms with E-state index in [0.717, 1.165) is 19.3 Å². The Bertz CT molecular complexity index is 2840. The van der Waals surface area contributed by atoms with Gasteiger partial charge in [0, 0.05) is 57.0 Å². The molecule has 0 aromatic heterocycles. The van der Waals surface area contributed by atoms with Crippen LogP contribution in [0.2, 0.25) is 0 Å². The molecule has 1 saturated heterocycles. The number of thiol groups is 1. The van der Waals surface area contributed by atoms with Gasteiger partial charge >= 0.3 is 0 Å². The second kappa shape index (κ2) is 36.5. The minimum Gasteiger partial charge on any atom is -0.497 e. The van der Waals surface area contributed by atoms with Crippen molar-refractivity contribution in [1.82, 2.24) is 42.1 Å². The fourth-order valence-corrected chi connectivity index (χ4v) is 12.8. The van der Waals surface area contributed by atoms with Crippen molar-refractivity contribution >= 4 is 118 Å². The van der Waals surface area contributed by atoms with Crippen molar-refractivity contribution < 1.29 is 62.6 Å². The van der Waals surface area contributed by atoms with Crippen LogP contribution in [0.25, 0.3) is 10.4 Å². The number of hydrogen-bond donors (Lipinski definition) is 13. The maximum absolute atomic E-state index is 14.5. The van der Waals surface area contributed by atoms with Crippen LogP contribution in [0, 0.1) is 9.49 Å². The number of likely N-dealkylation sites (tertiary alicyclic amines) is 1. The van der Waals surface area contributed by atoms with Crippen LogP contribution in [0.4, 0.5) is 5.69 Å². The third kappa shape index (κ3) is 22.9. The number of amides is 11. The highest BCUT2D eigenvalue weighted by Gasteiger charge is 2.42. The Hall–Kier alpha value is -6.93. The van der Waals surface area contributed by atoms with Gasteiger partial charge in [0.25, 0.3) is 0 Å². The number of nitrogens with two attached hydrogens (primary N) is 4. The van der Waals surface area contributed by atoms with Gasteiger partial charge in [-0.05, 0) is 115 Å². The Kier molecular flexibility index (Phi) is 30.5. The van der Waals surface area contributed by atoms with E-state index >= 15 is 0 Å². The number of halogens is 1. The van der Waals surface area contributed by atoms with Gasteiger partial charge in [0.05, 0.1) is 25.3 Å². The van der Waals surface area contributed by atoms with E-state index in [1.54, 1.807) is 56.3 Å². The van der Waals surface area contributed by atoms with Gasteiger partial charge < -0.3 is 74.9 Å². The smallest absolute Gasteiger partial charge is 0.246 e. The van der Waals surface area contributed by atoms with Gasteiger partial charge in [-0.15, -0.1) is 0 Å². The van der Waals surface area contributed by atoms with Crippen molar-refractivity contribution in [1.29, 1.82) is 0 Å². The molecule has 2 aliphatic rings. The largest absolute Gasteiger partial charge is 0.497 e. The SMILES string of the molecule is CC[C@H](C)[C@H](NC(=O)[C@H](Cc1ccc(OC)cc1)NC(=O)CC1(SCCC(N)=O)CCCCC1)C(=O)N[C@H](C(=O)N[C@@H](CC(N)=O)C(=O)N[C@@H](CS)C(=O)N1CCCC1C(=O)NC(CCCN)C(=O)NC(Cc1ccc(N=[N+]=[N-])c(I)c1)C(N)=O)[C@@H](C)O. The number of carbonyl (C=O) groups is 11. The fraction of sp³-hybridized carbons (Fsp3) is 0.596. The predicted octanol–water partition coefficient (Wildman–Crippen LogP) is 0.569. The normalized spacial score (nSPS) is 17.5. The molecule has 1 heterocycles. The summed E-state index contributed by atoms with van der Waals surface area (Å²) in [6.07, 6.45) is 2.92. The predicted molar refractivity (Wildman–Crippen MR) is 340 cm³/mol. The second-order valence-electron chi connectivity index (χ2n) is 22.1. The first kappa shape index (κ1) is 73.5. The molecule has 1 saturated carbocycles. The topological polar surface area (TPSA) is 458 Å². The summed E-state index contributed by atoms with van der Waals surface area (Å²) in [5, 5.41) is 32.8. The van der Waals surface area contributed by atoms with Crippen LogP contribution >= 0.6 is 47.0 Å². The van der Waals surface area contributed by atoms with Crippen molar-refractivity contribution in [3.05, 3.63) is 67.6 Å². The molecule has 1 aliphatic heterocycles. The molecule has 11 amide bonds. The number of carbonyl (C=O) groups excluding carboxylic acids is 11. The number of nitrogens with zero attached hydrogens (tertiary/aromatic N) is 4. The minimum absolute atomic E-state index is 0.00672. The summed E-state index contributed by atoms with van der Waals surface area (Å²) in [6, 6.07) is 0.349. The molecule has 0 spiro atoms. The highest BCUT2D eigenvalue weighted by molar-refractivity contribution is 14.1. The standard InChI is InChI=1S/C57H84IN15O13S2/c1-5-31(2)47(69-52(81)40(26-33-13-16-35(86-4)17-14-33)64-46(77)29-57(20-7-6-8-21-57)88-24-19-44(60)75)54(83)70-48(32(3)74)55(84)67-41(28-45(61)76)51(80)68-42(30-87)56(85)73-23-10-12-43(73)53(82)65-38(11-9-22-59)50(79)66-39(49(62)78)27-34-15-18-37(71-72-63)36(58)25-34/h13-18,25,31-32,38-43,47-48,74,87H,5-12,19-24,26-30,59H2,1-4H3,(H2,60,75)(H2,61,76)(H2,62,78)(H,64,77)(H,65,82)(H,66,79)(H,67,84)(H,68,80)(H,69,81)(H,70,83)/t31-,32+,38?,39?,40-,41-,42-,43?,47-,48-/m0/s1. The number of azide groups is 1. The fourth-order valence-electron chi connectivity index (χ4n) is 10.3. The number of nitrogens with one attached hydrogen (secondary N) is 7. The van der Waals surface area contributed by atoms with Crippen molar-refractivity contribution in [2.75, 3.05) is 31.7 Å². The summed E-state index contributed by atoms with van der Waals surface area (Å²) in [5.41, 5.74) is 32.8. The number of thioether (sulfide) groups is 1. The molecule has 484 valence electrons. The van der Waals surface area contributed by atoms with E-state index < -0.39 is 137 Å². The van der Waals surface area contributed by atoms with E-state index in [-0.39, 0.29) is 63.8 Å². The second-order valence-corrected chi connectivity index (χ2v) is 25.1. The molecular weight excluding hydrogens is 1290 g/mol. The van der Waals surface area contributed by atoms with E-state index in [1.807, 2.05) is 22.6 Å². The molecule has 0 bridgehead atoms. The molecule has 16 N–H and O–H groups in total. The van der Waals surface area contributed by atoms with Gasteiger partial charge in [-0.2, -0.15) is 24.4 Å². The van der Waals surface area contributed by atoms with Crippen LogP contribution in [0.3, 0.4) is 0 Å². The zero-order valence-corrected chi connectivity index (χ0v) is 53.8. The molecule has 0 radical (unpaired) electrons. The summed E-state index contributed by atoms with van der Waals surface area (Å²) in [6.45, 7) is 4.77. The van der Waals surface area contributed by atoms with Crippen molar-refractivity contribution in [2.45, 2.75) is 176 Å². The van der Waals surface area contributed by atoms with Crippen molar-refractivity contribution in [3.8, 4) is 5.75 Å².